The van der Waals surface area contributed by atoms with Crippen molar-refractivity contribution in [3.8, 4) is 12.3 Å². The minimum atomic E-state index is -0.375. The van der Waals surface area contributed by atoms with E-state index in [1.165, 1.54) is 12.8 Å². The van der Waals surface area contributed by atoms with E-state index in [1.54, 1.807) is 4.90 Å². The van der Waals surface area contributed by atoms with Crippen LogP contribution in [0.15, 0.2) is 4.99 Å². The summed E-state index contributed by atoms with van der Waals surface area (Å²) in [6.45, 7) is 0.309. The van der Waals surface area contributed by atoms with Crippen molar-refractivity contribution in [3.05, 3.63) is 0 Å². The predicted molar refractivity (Wildman–Crippen MR) is 63.0 cm³/mol. The van der Waals surface area contributed by atoms with E-state index < -0.39 is 0 Å². The van der Waals surface area contributed by atoms with Crippen LogP contribution in [0.5, 0.6) is 0 Å². The highest BCUT2D eigenvalue weighted by molar-refractivity contribution is 6.05. The Bertz CT molecular complexity index is 359. The van der Waals surface area contributed by atoms with Crippen LogP contribution in [0, 0.1) is 12.3 Å². The third kappa shape index (κ3) is 1.57. The van der Waals surface area contributed by atoms with Crippen molar-refractivity contribution in [2.45, 2.75) is 44.1 Å². The maximum Gasteiger partial charge on any atom is 0.346 e. The number of amidine groups is 1. The molecule has 16 heavy (non-hydrogen) atoms. The molecule has 0 atom stereocenters. The van der Waals surface area contributed by atoms with E-state index in [2.05, 4.69) is 10.9 Å². The minimum absolute atomic E-state index is 0.266. The molecule has 4 nitrogen and oxygen atoms in total. The number of hydrogen-bond acceptors (Lipinski definition) is 2. The van der Waals surface area contributed by atoms with Crippen molar-refractivity contribution in [2.24, 2.45) is 10.7 Å². The molecule has 86 valence electrons. The van der Waals surface area contributed by atoms with Crippen LogP contribution in [-0.2, 0) is 0 Å². The summed E-state index contributed by atoms with van der Waals surface area (Å²) in [5.41, 5.74) is 5.57. The first-order chi connectivity index (χ1) is 7.70. The second kappa shape index (κ2) is 4.17. The molecule has 1 aliphatic carbocycles. The number of carbonyl (C=O) groups is 1. The van der Waals surface area contributed by atoms with Crippen molar-refractivity contribution < 1.29 is 4.79 Å². The Balaban J connectivity index is 2.30. The molecule has 1 heterocycles. The van der Waals surface area contributed by atoms with E-state index in [1.807, 2.05) is 0 Å². The van der Waals surface area contributed by atoms with E-state index >= 15 is 0 Å². The van der Waals surface area contributed by atoms with E-state index in [0.717, 1.165) is 25.7 Å². The lowest BCUT2D eigenvalue weighted by Gasteiger charge is -2.36. The Hall–Kier alpha value is -1.50. The van der Waals surface area contributed by atoms with Gasteiger partial charge in [-0.15, -0.1) is 6.42 Å². The highest BCUT2D eigenvalue weighted by Gasteiger charge is 2.47. The SMILES string of the molecule is C#CCN1C(=O)N=C(N)C12CCCCCC2. The molecule has 0 bridgehead atoms. The van der Waals surface area contributed by atoms with Gasteiger partial charge in [0.1, 0.15) is 11.4 Å². The van der Waals surface area contributed by atoms with Gasteiger partial charge in [-0.05, 0) is 12.8 Å². The number of urea groups is 1. The van der Waals surface area contributed by atoms with Gasteiger partial charge in [0.05, 0.1) is 6.54 Å². The van der Waals surface area contributed by atoms with E-state index in [0.29, 0.717) is 12.4 Å². The molecule has 4 heteroatoms. The monoisotopic (exact) mass is 219 g/mol. The van der Waals surface area contributed by atoms with Crippen LogP contribution < -0.4 is 5.73 Å². The summed E-state index contributed by atoms with van der Waals surface area (Å²) in [5, 5.41) is 0. The number of aliphatic imine (C=N–C) groups is 1. The van der Waals surface area contributed by atoms with Crippen LogP contribution >= 0.6 is 0 Å². The van der Waals surface area contributed by atoms with Crippen molar-refractivity contribution in [1.82, 2.24) is 4.90 Å². The number of rotatable bonds is 1. The molecule has 2 rings (SSSR count). The van der Waals surface area contributed by atoms with Gasteiger partial charge in [-0.1, -0.05) is 31.6 Å². The number of carbonyl (C=O) groups excluding carboxylic acids is 1. The van der Waals surface area contributed by atoms with Gasteiger partial charge in [-0.25, -0.2) is 4.79 Å². The number of amides is 2. The summed E-state index contributed by atoms with van der Waals surface area (Å²) in [7, 11) is 0. The van der Waals surface area contributed by atoms with Gasteiger partial charge in [0.15, 0.2) is 0 Å². The van der Waals surface area contributed by atoms with Crippen LogP contribution in [0.2, 0.25) is 0 Å². The lowest BCUT2D eigenvalue weighted by molar-refractivity contribution is 0.171. The van der Waals surface area contributed by atoms with Crippen LogP contribution in [0.3, 0.4) is 0 Å². The predicted octanol–water partition coefficient (Wildman–Crippen LogP) is 1.51. The number of hydrogen-bond donors (Lipinski definition) is 1. The second-order valence-corrected chi connectivity index (χ2v) is 4.52. The van der Waals surface area contributed by atoms with Crippen LogP contribution in [0.25, 0.3) is 0 Å². The van der Waals surface area contributed by atoms with Gasteiger partial charge in [-0.2, -0.15) is 4.99 Å². The molecular weight excluding hydrogens is 202 g/mol. The van der Waals surface area contributed by atoms with E-state index in [9.17, 15) is 4.79 Å². The zero-order valence-corrected chi connectivity index (χ0v) is 9.41. The molecular formula is C12H17N3O. The van der Waals surface area contributed by atoms with Gasteiger partial charge >= 0.3 is 6.03 Å². The normalized spacial score (nSPS) is 24.1. The third-order valence-electron chi connectivity index (χ3n) is 3.62. The highest BCUT2D eigenvalue weighted by atomic mass is 16.2. The van der Waals surface area contributed by atoms with Gasteiger partial charge in [0.2, 0.25) is 0 Å². The zero-order valence-electron chi connectivity index (χ0n) is 9.41. The van der Waals surface area contributed by atoms with Crippen LogP contribution in [-0.4, -0.2) is 28.9 Å². The van der Waals surface area contributed by atoms with E-state index in [-0.39, 0.29) is 11.6 Å². The Kier molecular flexibility index (Phi) is 2.86. The molecule has 1 saturated carbocycles. The molecule has 0 aromatic heterocycles. The van der Waals surface area contributed by atoms with Crippen molar-refractivity contribution in [1.29, 1.82) is 0 Å². The van der Waals surface area contributed by atoms with Gasteiger partial charge in [0, 0.05) is 0 Å². The molecule has 2 amide bonds. The van der Waals surface area contributed by atoms with Crippen LogP contribution in [0.4, 0.5) is 4.79 Å². The molecule has 0 aromatic carbocycles. The number of terminal acetylenes is 1. The first kappa shape index (κ1) is 11.0. The van der Waals surface area contributed by atoms with Gasteiger partial charge in [-0.3, -0.25) is 4.90 Å². The Morgan fingerprint density at radius 2 is 2.00 bits per heavy atom. The Morgan fingerprint density at radius 1 is 1.38 bits per heavy atom. The summed E-state index contributed by atoms with van der Waals surface area (Å²) in [4.78, 5) is 17.3. The molecule has 0 radical (unpaired) electrons. The average molecular weight is 219 g/mol. The smallest absolute Gasteiger partial charge is 0.346 e. The Morgan fingerprint density at radius 3 is 2.56 bits per heavy atom. The van der Waals surface area contributed by atoms with Gasteiger partial charge in [0.25, 0.3) is 0 Å². The molecule has 2 aliphatic rings. The molecule has 0 saturated heterocycles. The number of nitrogens with two attached hydrogens (primary N) is 1. The van der Waals surface area contributed by atoms with Crippen molar-refractivity contribution in [3.63, 3.8) is 0 Å². The minimum Gasteiger partial charge on any atom is -0.385 e. The fraction of sp³-hybridized carbons (Fsp3) is 0.667. The van der Waals surface area contributed by atoms with Crippen molar-refractivity contribution >= 4 is 11.9 Å². The topological polar surface area (TPSA) is 58.7 Å². The van der Waals surface area contributed by atoms with Crippen LogP contribution in [0.1, 0.15) is 38.5 Å². The average Bonchev–Trinajstić information content (AvgIpc) is 2.49. The van der Waals surface area contributed by atoms with Crippen molar-refractivity contribution in [2.75, 3.05) is 6.54 Å². The molecule has 1 aliphatic heterocycles. The fourth-order valence-electron chi connectivity index (χ4n) is 2.74. The fourth-order valence-corrected chi connectivity index (χ4v) is 2.74. The summed E-state index contributed by atoms with van der Waals surface area (Å²) < 4.78 is 0. The van der Waals surface area contributed by atoms with E-state index in [4.69, 9.17) is 12.2 Å². The molecule has 2 N–H and O–H groups in total. The second-order valence-electron chi connectivity index (χ2n) is 4.52. The lowest BCUT2D eigenvalue weighted by atomic mass is 9.88. The summed E-state index contributed by atoms with van der Waals surface area (Å²) in [5.74, 6) is 3.00. The third-order valence-corrected chi connectivity index (χ3v) is 3.62. The maximum atomic E-state index is 11.7. The summed E-state index contributed by atoms with van der Waals surface area (Å²) in [6, 6.07) is -0.266. The quantitative estimate of drug-likeness (QED) is 0.679. The standard InChI is InChI=1S/C12H17N3O/c1-2-9-15-11(16)14-10(13)12(15)7-5-3-4-6-8-12/h1H,3-9H2,(H2,13,14,16). The first-order valence-corrected chi connectivity index (χ1v) is 5.80. The highest BCUT2D eigenvalue weighted by Crippen LogP contribution is 2.36. The summed E-state index contributed by atoms with van der Waals surface area (Å²) >= 11 is 0. The first-order valence-electron chi connectivity index (χ1n) is 5.80. The molecule has 0 unspecified atom stereocenters. The Labute approximate surface area is 95.9 Å². The zero-order chi connectivity index (χ0) is 11.6. The molecule has 1 fully saturated rings. The number of nitrogens with zero attached hydrogens (tertiary/aromatic N) is 2. The summed E-state index contributed by atoms with van der Waals surface area (Å²) in [6.07, 6.45) is 11.7. The lowest BCUT2D eigenvalue weighted by Crippen LogP contribution is -2.53. The maximum absolute atomic E-state index is 11.7. The largest absolute Gasteiger partial charge is 0.385 e. The molecule has 1 spiro atoms. The molecule has 0 aromatic rings. The van der Waals surface area contributed by atoms with Gasteiger partial charge < -0.3 is 5.73 Å².